The Morgan fingerprint density at radius 3 is 2.27 bits per heavy atom. The number of ketones is 1. The van der Waals surface area contributed by atoms with Crippen LogP contribution in [0, 0.1) is 23.7 Å². The second kappa shape index (κ2) is 15.6. The van der Waals surface area contributed by atoms with E-state index in [1.165, 1.54) is 5.69 Å². The van der Waals surface area contributed by atoms with Crippen LogP contribution in [-0.2, 0) is 43.2 Å². The van der Waals surface area contributed by atoms with Crippen LogP contribution in [0.5, 0.6) is 0 Å². The van der Waals surface area contributed by atoms with Gasteiger partial charge in [-0.15, -0.1) is 5.10 Å². The average Bonchev–Trinajstić information content (AvgIpc) is 3.32. The van der Waals surface area contributed by atoms with Gasteiger partial charge in [-0.3, -0.25) is 9.59 Å². The molecule has 1 saturated carbocycles. The molecule has 1 fully saturated rings. The number of hydrogen-bond acceptors (Lipinski definition) is 7. The van der Waals surface area contributed by atoms with Crippen molar-refractivity contribution in [1.29, 1.82) is 0 Å². The molecule has 210 valence electrons. The van der Waals surface area contributed by atoms with Gasteiger partial charge in [-0.25, -0.2) is 4.68 Å². The summed E-state index contributed by atoms with van der Waals surface area (Å²) in [7, 11) is 0. The van der Waals surface area contributed by atoms with Gasteiger partial charge in [0.05, 0.1) is 24.5 Å². The predicted octanol–water partition coefficient (Wildman–Crippen LogP) is 4.96. The van der Waals surface area contributed by atoms with Crippen molar-refractivity contribution in [3.8, 4) is 0 Å². The zero-order chi connectivity index (χ0) is 26.6. The highest BCUT2D eigenvalue weighted by atomic mass is 16.6. The van der Waals surface area contributed by atoms with Crippen LogP contribution >= 0.6 is 0 Å². The Hall–Kier alpha value is -1.80. The highest BCUT2D eigenvalue weighted by molar-refractivity contribution is 5.78. The van der Waals surface area contributed by atoms with Crippen molar-refractivity contribution in [2.75, 3.05) is 26.4 Å². The molecule has 3 atom stereocenters. The number of fused-ring (bicyclic) bond motifs is 2. The minimum Gasteiger partial charge on any atom is -0.462 e. The molecule has 0 N–H and O–H groups in total. The molecule has 2 aliphatic carbocycles. The quantitative estimate of drug-likeness (QED) is 0.200. The summed E-state index contributed by atoms with van der Waals surface area (Å²) < 4.78 is 19.2. The molecular weight excluding hydrogens is 470 g/mol. The maximum Gasteiger partial charge on any atom is 0.306 e. The number of hydrogen-bond donors (Lipinski definition) is 0. The first kappa shape index (κ1) is 29.8. The molecule has 0 spiro atoms. The third-order valence-corrected chi connectivity index (χ3v) is 7.57. The van der Waals surface area contributed by atoms with Crippen LogP contribution < -0.4 is 0 Å². The van der Waals surface area contributed by atoms with Crippen molar-refractivity contribution in [2.45, 2.75) is 111 Å². The summed E-state index contributed by atoms with van der Waals surface area (Å²) in [6.07, 6.45) is 8.97. The van der Waals surface area contributed by atoms with Gasteiger partial charge < -0.3 is 14.2 Å². The maximum atomic E-state index is 12.4. The number of nitrogens with zero attached hydrogens (tertiary/aromatic N) is 3. The minimum atomic E-state index is -0.121. The number of Topliss-reactive ketones (excluding diaryl/α,β-unsaturated/α-hetero) is 1. The molecule has 37 heavy (non-hydrogen) atoms. The number of ether oxygens (including phenoxy) is 3. The van der Waals surface area contributed by atoms with Crippen LogP contribution in [0.1, 0.15) is 96.9 Å². The molecule has 0 aromatic carbocycles. The van der Waals surface area contributed by atoms with Crippen molar-refractivity contribution in [3.05, 3.63) is 11.4 Å². The van der Waals surface area contributed by atoms with E-state index < -0.39 is 0 Å². The molecular formula is C29H49N3O5. The largest absolute Gasteiger partial charge is 0.462 e. The first-order chi connectivity index (χ1) is 17.8. The molecule has 0 radical (unpaired) electrons. The van der Waals surface area contributed by atoms with Crippen LogP contribution in [0.4, 0.5) is 0 Å². The van der Waals surface area contributed by atoms with E-state index >= 15 is 0 Å². The highest BCUT2D eigenvalue weighted by Gasteiger charge is 2.52. The molecule has 1 aromatic rings. The van der Waals surface area contributed by atoms with Gasteiger partial charge in [-0.2, -0.15) is 0 Å². The number of esters is 1. The van der Waals surface area contributed by atoms with E-state index in [2.05, 4.69) is 38.0 Å². The normalized spacial score (nSPS) is 20.9. The second-order valence-corrected chi connectivity index (χ2v) is 11.7. The Morgan fingerprint density at radius 2 is 1.54 bits per heavy atom. The van der Waals surface area contributed by atoms with Gasteiger partial charge in [0.2, 0.25) is 0 Å². The molecule has 0 amide bonds. The zero-order valence-electron chi connectivity index (χ0n) is 23.6. The third kappa shape index (κ3) is 10.5. The van der Waals surface area contributed by atoms with E-state index in [4.69, 9.17) is 14.2 Å². The minimum absolute atomic E-state index is 0.0510. The Balaban J connectivity index is 1.26. The van der Waals surface area contributed by atoms with Crippen molar-refractivity contribution < 1.29 is 23.8 Å². The molecule has 8 nitrogen and oxygen atoms in total. The molecule has 1 aromatic heterocycles. The van der Waals surface area contributed by atoms with Crippen molar-refractivity contribution in [3.63, 3.8) is 0 Å². The fraction of sp³-hybridized carbons (Fsp3) is 0.862. The second-order valence-electron chi connectivity index (χ2n) is 11.7. The van der Waals surface area contributed by atoms with Gasteiger partial charge in [0, 0.05) is 50.9 Å². The van der Waals surface area contributed by atoms with E-state index in [9.17, 15) is 9.59 Å². The molecule has 3 unspecified atom stereocenters. The summed E-state index contributed by atoms with van der Waals surface area (Å²) in [6.45, 7) is 12.0. The van der Waals surface area contributed by atoms with E-state index in [0.717, 1.165) is 63.8 Å². The lowest BCUT2D eigenvalue weighted by molar-refractivity contribution is -0.146. The molecule has 8 heteroatoms. The summed E-state index contributed by atoms with van der Waals surface area (Å²) in [4.78, 5) is 24.2. The standard InChI is InChI=1S/C29H49N3O5/c1-21(2)9-10-23(33)7-5-17-35-18-6-8-28(34)37-29-24-11-13-26-27(14-12-25(24)29)32(31-30-26)16-20-36-19-15-22(3)4/h21-22,24-25,29H,5-20H2,1-4H3. The van der Waals surface area contributed by atoms with Crippen LogP contribution in [0.15, 0.2) is 0 Å². The average molecular weight is 520 g/mol. The van der Waals surface area contributed by atoms with E-state index in [0.29, 0.717) is 75.0 Å². The van der Waals surface area contributed by atoms with Gasteiger partial charge >= 0.3 is 5.97 Å². The van der Waals surface area contributed by atoms with E-state index in [1.807, 2.05) is 4.68 Å². The Morgan fingerprint density at radius 1 is 0.865 bits per heavy atom. The lowest BCUT2D eigenvalue weighted by atomic mass is 10.0. The molecule has 0 saturated heterocycles. The van der Waals surface area contributed by atoms with Crippen LogP contribution in [-0.4, -0.2) is 59.3 Å². The number of aromatic nitrogens is 3. The third-order valence-electron chi connectivity index (χ3n) is 7.57. The molecule has 2 aliphatic rings. The fourth-order valence-electron chi connectivity index (χ4n) is 5.11. The maximum absolute atomic E-state index is 12.4. The molecule has 1 heterocycles. The SMILES string of the molecule is CC(C)CCOCCn1nnc2c1CCC1C(CC2)C1OC(=O)CCCOCCCC(=O)CCC(C)C. The van der Waals surface area contributed by atoms with Gasteiger partial charge in [0.1, 0.15) is 11.9 Å². The number of carbonyl (C=O) groups is 2. The summed E-state index contributed by atoms with van der Waals surface area (Å²) in [5.41, 5.74) is 2.32. The summed E-state index contributed by atoms with van der Waals surface area (Å²) in [6, 6.07) is 0. The number of carbonyl (C=O) groups excluding carboxylic acids is 2. The Labute approximate surface area is 223 Å². The van der Waals surface area contributed by atoms with Crippen LogP contribution in [0.2, 0.25) is 0 Å². The molecule has 0 aliphatic heterocycles. The van der Waals surface area contributed by atoms with Gasteiger partial charge in [-0.1, -0.05) is 32.9 Å². The number of aryl methyl sites for hydroxylation is 1. The molecule has 3 rings (SSSR count). The first-order valence-corrected chi connectivity index (χ1v) is 14.6. The summed E-state index contributed by atoms with van der Waals surface area (Å²) in [5.74, 6) is 2.32. The monoisotopic (exact) mass is 519 g/mol. The van der Waals surface area contributed by atoms with Gasteiger partial charge in [-0.05, 0) is 63.2 Å². The first-order valence-electron chi connectivity index (χ1n) is 14.6. The highest BCUT2D eigenvalue weighted by Crippen LogP contribution is 2.49. The lowest BCUT2D eigenvalue weighted by Gasteiger charge is -2.11. The van der Waals surface area contributed by atoms with E-state index in [-0.39, 0.29) is 12.1 Å². The lowest BCUT2D eigenvalue weighted by Crippen LogP contribution is -2.13. The van der Waals surface area contributed by atoms with Crippen molar-refractivity contribution >= 4 is 11.8 Å². The topological polar surface area (TPSA) is 92.5 Å². The number of rotatable bonds is 18. The smallest absolute Gasteiger partial charge is 0.306 e. The molecule has 0 bridgehead atoms. The Bertz CT molecular complexity index is 838. The summed E-state index contributed by atoms with van der Waals surface area (Å²) >= 11 is 0. The Kier molecular flexibility index (Phi) is 12.5. The van der Waals surface area contributed by atoms with Crippen LogP contribution in [0.3, 0.4) is 0 Å². The fourth-order valence-corrected chi connectivity index (χ4v) is 5.11. The van der Waals surface area contributed by atoms with E-state index in [1.54, 1.807) is 0 Å². The van der Waals surface area contributed by atoms with Gasteiger partial charge in [0.25, 0.3) is 0 Å². The van der Waals surface area contributed by atoms with Crippen molar-refractivity contribution in [2.24, 2.45) is 23.7 Å². The van der Waals surface area contributed by atoms with Crippen LogP contribution in [0.25, 0.3) is 0 Å². The summed E-state index contributed by atoms with van der Waals surface area (Å²) in [5, 5.41) is 8.82. The zero-order valence-corrected chi connectivity index (χ0v) is 23.6. The predicted molar refractivity (Wildman–Crippen MR) is 142 cm³/mol. The van der Waals surface area contributed by atoms with Gasteiger partial charge in [0.15, 0.2) is 0 Å². The van der Waals surface area contributed by atoms with Crippen molar-refractivity contribution in [1.82, 2.24) is 15.0 Å².